The first-order valence-electron chi connectivity index (χ1n) is 5.85. The molecule has 1 aliphatic heterocycles. The van der Waals surface area contributed by atoms with E-state index < -0.39 is 0 Å². The summed E-state index contributed by atoms with van der Waals surface area (Å²) in [6.45, 7) is 1.57. The summed E-state index contributed by atoms with van der Waals surface area (Å²) in [5, 5.41) is 6.17. The van der Waals surface area contributed by atoms with E-state index >= 15 is 0 Å². The summed E-state index contributed by atoms with van der Waals surface area (Å²) in [4.78, 5) is 16.0. The molecule has 0 spiro atoms. The van der Waals surface area contributed by atoms with Crippen LogP contribution in [0.5, 0.6) is 0 Å². The maximum atomic E-state index is 11.8. The highest BCUT2D eigenvalue weighted by molar-refractivity contribution is 7.99. The van der Waals surface area contributed by atoms with Gasteiger partial charge in [-0.2, -0.15) is 11.8 Å². The van der Waals surface area contributed by atoms with Crippen LogP contribution in [0.4, 0.5) is 0 Å². The Morgan fingerprint density at radius 3 is 3.24 bits per heavy atom. The molecule has 1 fully saturated rings. The number of hydrogen-bond acceptors (Lipinski definition) is 4. The van der Waals surface area contributed by atoms with Crippen molar-refractivity contribution in [2.75, 3.05) is 24.6 Å². The van der Waals surface area contributed by atoms with Gasteiger partial charge in [-0.3, -0.25) is 9.78 Å². The second kappa shape index (κ2) is 6.61. The number of aromatic nitrogens is 1. The molecule has 1 unspecified atom stereocenters. The first-order chi connectivity index (χ1) is 8.36. The summed E-state index contributed by atoms with van der Waals surface area (Å²) in [5.74, 6) is 2.07. The highest BCUT2D eigenvalue weighted by atomic mass is 32.2. The van der Waals surface area contributed by atoms with E-state index in [2.05, 4.69) is 15.6 Å². The third-order valence-corrected chi connectivity index (χ3v) is 3.71. The van der Waals surface area contributed by atoms with Gasteiger partial charge in [0.1, 0.15) is 0 Å². The first-order valence-corrected chi connectivity index (χ1v) is 7.00. The summed E-state index contributed by atoms with van der Waals surface area (Å²) in [5.41, 5.74) is 1.01. The molecular weight excluding hydrogens is 234 g/mol. The Hall–Kier alpha value is -1.07. The molecule has 0 radical (unpaired) electrons. The second-order valence-electron chi connectivity index (χ2n) is 3.94. The van der Waals surface area contributed by atoms with Crippen LogP contribution >= 0.6 is 11.8 Å². The van der Waals surface area contributed by atoms with Crippen molar-refractivity contribution in [2.45, 2.75) is 12.5 Å². The van der Waals surface area contributed by atoms with Crippen LogP contribution in [-0.4, -0.2) is 41.5 Å². The SMILES string of the molecule is O=C(NCCc1ccccn1)C1CSCCN1. The van der Waals surface area contributed by atoms with Gasteiger partial charge in [0.25, 0.3) is 0 Å². The van der Waals surface area contributed by atoms with E-state index in [1.165, 1.54) is 0 Å². The molecule has 0 aromatic carbocycles. The molecule has 0 saturated carbocycles. The summed E-state index contributed by atoms with van der Waals surface area (Å²) >= 11 is 1.83. The fourth-order valence-electron chi connectivity index (χ4n) is 1.72. The van der Waals surface area contributed by atoms with E-state index in [0.717, 1.165) is 30.2 Å². The molecule has 0 aliphatic carbocycles. The minimum absolute atomic E-state index is 0.0301. The van der Waals surface area contributed by atoms with E-state index in [0.29, 0.717) is 6.54 Å². The molecule has 2 heterocycles. The lowest BCUT2D eigenvalue weighted by Gasteiger charge is -2.22. The number of carbonyl (C=O) groups is 1. The third kappa shape index (κ3) is 4.02. The van der Waals surface area contributed by atoms with Gasteiger partial charge in [0.05, 0.1) is 6.04 Å². The van der Waals surface area contributed by atoms with Gasteiger partial charge in [0.15, 0.2) is 0 Å². The summed E-state index contributed by atoms with van der Waals surface area (Å²) in [6.07, 6.45) is 2.56. The average molecular weight is 251 g/mol. The molecule has 92 valence electrons. The standard InChI is InChI=1S/C12H17N3OS/c16-12(11-9-17-8-7-14-11)15-6-4-10-3-1-2-5-13-10/h1-3,5,11,14H,4,6-9H2,(H,15,16). The Morgan fingerprint density at radius 2 is 2.53 bits per heavy atom. The minimum Gasteiger partial charge on any atom is -0.354 e. The van der Waals surface area contributed by atoms with Crippen LogP contribution in [0.25, 0.3) is 0 Å². The largest absolute Gasteiger partial charge is 0.354 e. The molecule has 2 rings (SSSR count). The average Bonchev–Trinajstić information content (AvgIpc) is 2.41. The van der Waals surface area contributed by atoms with Crippen molar-refractivity contribution in [3.63, 3.8) is 0 Å². The van der Waals surface area contributed by atoms with Crippen LogP contribution in [0.15, 0.2) is 24.4 Å². The van der Waals surface area contributed by atoms with Gasteiger partial charge in [-0.15, -0.1) is 0 Å². The fourth-order valence-corrected chi connectivity index (χ4v) is 2.65. The Balaban J connectivity index is 1.69. The summed E-state index contributed by atoms with van der Waals surface area (Å²) in [7, 11) is 0. The van der Waals surface area contributed by atoms with Gasteiger partial charge in [-0.1, -0.05) is 6.07 Å². The Kier molecular flexibility index (Phi) is 4.82. The molecule has 2 N–H and O–H groups in total. The molecule has 5 heteroatoms. The predicted octanol–water partition coefficient (Wildman–Crippen LogP) is 0.445. The number of hydrogen-bond donors (Lipinski definition) is 2. The molecule has 1 atom stereocenters. The van der Waals surface area contributed by atoms with E-state index in [1.54, 1.807) is 6.20 Å². The van der Waals surface area contributed by atoms with Crippen LogP contribution < -0.4 is 10.6 Å². The van der Waals surface area contributed by atoms with Crippen molar-refractivity contribution in [3.8, 4) is 0 Å². The van der Waals surface area contributed by atoms with Crippen molar-refractivity contribution in [1.29, 1.82) is 0 Å². The number of carbonyl (C=O) groups excluding carboxylic acids is 1. The third-order valence-electron chi connectivity index (χ3n) is 2.64. The van der Waals surface area contributed by atoms with E-state index in [9.17, 15) is 4.79 Å². The molecule has 1 aliphatic rings. The van der Waals surface area contributed by atoms with Gasteiger partial charge in [0, 0.05) is 42.9 Å². The number of nitrogens with one attached hydrogen (secondary N) is 2. The molecule has 1 amide bonds. The molecule has 17 heavy (non-hydrogen) atoms. The van der Waals surface area contributed by atoms with Crippen LogP contribution in [-0.2, 0) is 11.2 Å². The van der Waals surface area contributed by atoms with Crippen molar-refractivity contribution in [3.05, 3.63) is 30.1 Å². The Bertz CT molecular complexity index is 352. The van der Waals surface area contributed by atoms with Gasteiger partial charge >= 0.3 is 0 Å². The summed E-state index contributed by atoms with van der Waals surface area (Å²) in [6, 6.07) is 5.80. The van der Waals surface area contributed by atoms with Crippen LogP contribution in [0.1, 0.15) is 5.69 Å². The number of rotatable bonds is 4. The van der Waals surface area contributed by atoms with E-state index in [-0.39, 0.29) is 11.9 Å². The Labute approximate surface area is 106 Å². The van der Waals surface area contributed by atoms with Crippen molar-refractivity contribution < 1.29 is 4.79 Å². The highest BCUT2D eigenvalue weighted by Crippen LogP contribution is 2.07. The van der Waals surface area contributed by atoms with Gasteiger partial charge in [0.2, 0.25) is 5.91 Å². The maximum Gasteiger partial charge on any atom is 0.238 e. The quantitative estimate of drug-likeness (QED) is 0.815. The first kappa shape index (κ1) is 12.4. The van der Waals surface area contributed by atoms with Crippen LogP contribution in [0.3, 0.4) is 0 Å². The van der Waals surface area contributed by atoms with Crippen LogP contribution in [0, 0.1) is 0 Å². The lowest BCUT2D eigenvalue weighted by molar-refractivity contribution is -0.122. The van der Waals surface area contributed by atoms with Crippen molar-refractivity contribution >= 4 is 17.7 Å². The lowest BCUT2D eigenvalue weighted by atomic mass is 10.2. The zero-order valence-electron chi connectivity index (χ0n) is 9.69. The fraction of sp³-hybridized carbons (Fsp3) is 0.500. The maximum absolute atomic E-state index is 11.8. The highest BCUT2D eigenvalue weighted by Gasteiger charge is 2.19. The van der Waals surface area contributed by atoms with Crippen LogP contribution in [0.2, 0.25) is 0 Å². The van der Waals surface area contributed by atoms with Crippen molar-refractivity contribution in [2.24, 2.45) is 0 Å². The topological polar surface area (TPSA) is 54.0 Å². The number of nitrogens with zero attached hydrogens (tertiary/aromatic N) is 1. The smallest absolute Gasteiger partial charge is 0.238 e. The Morgan fingerprint density at radius 1 is 1.59 bits per heavy atom. The normalized spacial score (nSPS) is 19.9. The molecule has 0 bridgehead atoms. The molecular formula is C12H17N3OS. The predicted molar refractivity (Wildman–Crippen MR) is 70.1 cm³/mol. The molecule has 1 saturated heterocycles. The monoisotopic (exact) mass is 251 g/mol. The molecule has 4 nitrogen and oxygen atoms in total. The second-order valence-corrected chi connectivity index (χ2v) is 5.09. The van der Waals surface area contributed by atoms with Gasteiger partial charge < -0.3 is 10.6 Å². The van der Waals surface area contributed by atoms with E-state index in [1.807, 2.05) is 30.0 Å². The molecule has 1 aromatic rings. The zero-order valence-corrected chi connectivity index (χ0v) is 10.5. The number of thioether (sulfide) groups is 1. The lowest BCUT2D eigenvalue weighted by Crippen LogP contribution is -2.49. The number of amides is 1. The zero-order chi connectivity index (χ0) is 11.9. The number of pyridine rings is 1. The molecule has 1 aromatic heterocycles. The van der Waals surface area contributed by atoms with Gasteiger partial charge in [-0.25, -0.2) is 0 Å². The van der Waals surface area contributed by atoms with Crippen molar-refractivity contribution in [1.82, 2.24) is 15.6 Å². The van der Waals surface area contributed by atoms with Gasteiger partial charge in [-0.05, 0) is 12.1 Å². The minimum atomic E-state index is -0.0301. The summed E-state index contributed by atoms with van der Waals surface area (Å²) < 4.78 is 0. The van der Waals surface area contributed by atoms with E-state index in [4.69, 9.17) is 0 Å².